The van der Waals surface area contributed by atoms with Crippen LogP contribution in [0.25, 0.3) is 0 Å². The highest BCUT2D eigenvalue weighted by Crippen LogP contribution is 2.48. The van der Waals surface area contributed by atoms with E-state index < -0.39 is 5.41 Å². The van der Waals surface area contributed by atoms with Crippen LogP contribution in [0.3, 0.4) is 0 Å². The van der Waals surface area contributed by atoms with Crippen molar-refractivity contribution in [3.8, 4) is 11.8 Å². The molecule has 0 saturated heterocycles. The minimum Gasteiger partial charge on any atom is -0.492 e. The lowest BCUT2D eigenvalue weighted by molar-refractivity contribution is -0.131. The van der Waals surface area contributed by atoms with Crippen molar-refractivity contribution in [3.05, 3.63) is 54.1 Å². The second-order valence-electron chi connectivity index (χ2n) is 6.11. The number of nitriles is 1. The van der Waals surface area contributed by atoms with Gasteiger partial charge >= 0.3 is 0 Å². The van der Waals surface area contributed by atoms with Crippen molar-refractivity contribution in [1.82, 2.24) is 0 Å². The number of benzene rings is 2. The van der Waals surface area contributed by atoms with E-state index in [1.165, 1.54) is 0 Å². The second-order valence-corrected chi connectivity index (χ2v) is 6.11. The first kappa shape index (κ1) is 17.5. The zero-order valence-electron chi connectivity index (χ0n) is 14.4. The molecule has 0 spiro atoms. The van der Waals surface area contributed by atoms with Crippen LogP contribution >= 0.6 is 0 Å². The highest BCUT2D eigenvalue weighted by Gasteiger charge is 2.56. The Hall–Kier alpha value is -3.33. The maximum atomic E-state index is 12.7. The van der Waals surface area contributed by atoms with Gasteiger partial charge in [-0.1, -0.05) is 18.2 Å². The lowest BCUT2D eigenvalue weighted by Crippen LogP contribution is -2.35. The number of ether oxygens (including phenoxy) is 1. The number of carbonyl (C=O) groups excluding carboxylic acids is 2. The van der Waals surface area contributed by atoms with Gasteiger partial charge in [-0.05, 0) is 50.1 Å². The Morgan fingerprint density at radius 3 is 2.54 bits per heavy atom. The van der Waals surface area contributed by atoms with Crippen molar-refractivity contribution >= 4 is 23.2 Å². The Morgan fingerprint density at radius 2 is 1.85 bits per heavy atom. The number of hydrogen-bond donors (Lipinski definition) is 2. The van der Waals surface area contributed by atoms with E-state index >= 15 is 0 Å². The second kappa shape index (κ2) is 7.28. The Kier molecular flexibility index (Phi) is 4.90. The molecule has 2 aromatic carbocycles. The predicted molar refractivity (Wildman–Crippen MR) is 97.7 cm³/mol. The summed E-state index contributed by atoms with van der Waals surface area (Å²) < 4.78 is 5.51. The molecule has 1 fully saturated rings. The fourth-order valence-electron chi connectivity index (χ4n) is 2.69. The Bertz CT molecular complexity index is 882. The molecule has 2 aromatic rings. The molecular formula is C20H19N3O3. The molecule has 0 aliphatic heterocycles. The molecule has 0 unspecified atom stereocenters. The summed E-state index contributed by atoms with van der Waals surface area (Å²) in [7, 11) is 0. The van der Waals surface area contributed by atoms with Crippen LogP contribution in [-0.2, 0) is 9.59 Å². The molecule has 2 amide bonds. The van der Waals surface area contributed by atoms with Gasteiger partial charge in [0.15, 0.2) is 0 Å². The quantitative estimate of drug-likeness (QED) is 0.783. The van der Waals surface area contributed by atoms with Crippen LogP contribution in [0.15, 0.2) is 48.5 Å². The highest BCUT2D eigenvalue weighted by molar-refractivity contribution is 6.17. The van der Waals surface area contributed by atoms with Gasteiger partial charge in [-0.3, -0.25) is 9.59 Å². The summed E-state index contributed by atoms with van der Waals surface area (Å²) in [5, 5.41) is 14.5. The van der Waals surface area contributed by atoms with Crippen molar-refractivity contribution in [2.45, 2.75) is 19.8 Å². The SMILES string of the molecule is CCOc1ccccc1NC(=O)C1(C(=O)Nc2cccc(C#N)c2)CC1. The third-order valence-electron chi connectivity index (χ3n) is 4.30. The molecule has 0 radical (unpaired) electrons. The van der Waals surface area contributed by atoms with E-state index in [2.05, 4.69) is 10.6 Å². The maximum absolute atomic E-state index is 12.7. The standard InChI is InChI=1S/C20H19N3O3/c1-2-26-17-9-4-3-8-16(17)23-19(25)20(10-11-20)18(24)22-15-7-5-6-14(12-15)13-21/h3-9,12H,2,10-11H2,1H3,(H,22,24)(H,23,25). The third kappa shape index (κ3) is 3.52. The minimum atomic E-state index is -1.08. The first-order valence-corrected chi connectivity index (χ1v) is 8.44. The van der Waals surface area contributed by atoms with Crippen molar-refractivity contribution < 1.29 is 14.3 Å². The summed E-state index contributed by atoms with van der Waals surface area (Å²) in [6, 6.07) is 15.8. The van der Waals surface area contributed by atoms with Crippen LogP contribution in [-0.4, -0.2) is 18.4 Å². The number of rotatable bonds is 6. The van der Waals surface area contributed by atoms with E-state index in [4.69, 9.17) is 10.00 Å². The van der Waals surface area contributed by atoms with Crippen LogP contribution in [0.2, 0.25) is 0 Å². The molecule has 132 valence electrons. The lowest BCUT2D eigenvalue weighted by Gasteiger charge is -2.17. The first-order chi connectivity index (χ1) is 12.6. The number of amides is 2. The van der Waals surface area contributed by atoms with Gasteiger partial charge in [0.1, 0.15) is 11.2 Å². The number of nitrogens with zero attached hydrogens (tertiary/aromatic N) is 1. The fourth-order valence-corrected chi connectivity index (χ4v) is 2.69. The van der Waals surface area contributed by atoms with Crippen LogP contribution in [0.1, 0.15) is 25.3 Å². The summed E-state index contributed by atoms with van der Waals surface area (Å²) in [5.41, 5.74) is 0.414. The molecule has 1 aliphatic rings. The van der Waals surface area contributed by atoms with E-state index in [0.29, 0.717) is 42.1 Å². The van der Waals surface area contributed by atoms with E-state index in [0.717, 1.165) is 0 Å². The molecule has 1 saturated carbocycles. The summed E-state index contributed by atoms with van der Waals surface area (Å²) in [4.78, 5) is 25.4. The van der Waals surface area contributed by atoms with Crippen LogP contribution < -0.4 is 15.4 Å². The molecule has 3 rings (SSSR count). The van der Waals surface area contributed by atoms with Gasteiger partial charge in [-0.15, -0.1) is 0 Å². The number of para-hydroxylation sites is 2. The smallest absolute Gasteiger partial charge is 0.240 e. The van der Waals surface area contributed by atoms with Gasteiger partial charge in [0.05, 0.1) is 23.9 Å². The highest BCUT2D eigenvalue weighted by atomic mass is 16.5. The summed E-state index contributed by atoms with van der Waals surface area (Å²) >= 11 is 0. The number of anilines is 2. The van der Waals surface area contributed by atoms with Crippen LogP contribution in [0.5, 0.6) is 5.75 Å². The van der Waals surface area contributed by atoms with Gasteiger partial charge in [-0.2, -0.15) is 5.26 Å². The van der Waals surface area contributed by atoms with Gasteiger partial charge < -0.3 is 15.4 Å². The normalized spacial score (nSPS) is 14.0. The number of nitrogens with one attached hydrogen (secondary N) is 2. The summed E-state index contributed by atoms with van der Waals surface area (Å²) in [6.45, 7) is 2.34. The van der Waals surface area contributed by atoms with Crippen molar-refractivity contribution in [2.24, 2.45) is 5.41 Å². The van der Waals surface area contributed by atoms with Crippen LogP contribution in [0.4, 0.5) is 11.4 Å². The average Bonchev–Trinajstić information content (AvgIpc) is 3.46. The zero-order valence-corrected chi connectivity index (χ0v) is 14.4. The minimum absolute atomic E-state index is 0.349. The molecule has 0 atom stereocenters. The number of carbonyl (C=O) groups is 2. The molecule has 6 heteroatoms. The Balaban J connectivity index is 1.73. The average molecular weight is 349 g/mol. The first-order valence-electron chi connectivity index (χ1n) is 8.44. The molecule has 2 N–H and O–H groups in total. The molecular weight excluding hydrogens is 330 g/mol. The Labute approximate surface area is 151 Å². The third-order valence-corrected chi connectivity index (χ3v) is 4.30. The molecule has 6 nitrogen and oxygen atoms in total. The van der Waals surface area contributed by atoms with Gasteiger partial charge in [-0.25, -0.2) is 0 Å². The maximum Gasteiger partial charge on any atom is 0.240 e. The summed E-state index contributed by atoms with van der Waals surface area (Å²) in [6.07, 6.45) is 0.971. The van der Waals surface area contributed by atoms with Gasteiger partial charge in [0, 0.05) is 5.69 Å². The zero-order chi connectivity index (χ0) is 18.6. The molecule has 0 bridgehead atoms. The van der Waals surface area contributed by atoms with Crippen molar-refractivity contribution in [3.63, 3.8) is 0 Å². The van der Waals surface area contributed by atoms with E-state index in [-0.39, 0.29) is 11.8 Å². The fraction of sp³-hybridized carbons (Fsp3) is 0.250. The van der Waals surface area contributed by atoms with Crippen LogP contribution in [0, 0.1) is 16.7 Å². The monoisotopic (exact) mass is 349 g/mol. The number of hydrogen-bond acceptors (Lipinski definition) is 4. The van der Waals surface area contributed by atoms with E-state index in [9.17, 15) is 9.59 Å². The Morgan fingerprint density at radius 1 is 1.12 bits per heavy atom. The molecule has 1 aliphatic carbocycles. The predicted octanol–water partition coefficient (Wildman–Crippen LogP) is 3.31. The molecule has 0 heterocycles. The lowest BCUT2D eigenvalue weighted by atomic mass is 10.0. The molecule has 26 heavy (non-hydrogen) atoms. The largest absolute Gasteiger partial charge is 0.492 e. The van der Waals surface area contributed by atoms with Gasteiger partial charge in [0.2, 0.25) is 11.8 Å². The van der Waals surface area contributed by atoms with Gasteiger partial charge in [0.25, 0.3) is 0 Å². The van der Waals surface area contributed by atoms with E-state index in [1.54, 1.807) is 42.5 Å². The topological polar surface area (TPSA) is 91.2 Å². The van der Waals surface area contributed by atoms with E-state index in [1.807, 2.05) is 19.1 Å². The summed E-state index contributed by atoms with van der Waals surface area (Å²) in [5.74, 6) is -0.140. The van der Waals surface area contributed by atoms with Crippen molar-refractivity contribution in [1.29, 1.82) is 5.26 Å². The molecule has 0 aromatic heterocycles. The van der Waals surface area contributed by atoms with Crippen molar-refractivity contribution in [2.75, 3.05) is 17.2 Å².